The van der Waals surface area contributed by atoms with E-state index in [2.05, 4.69) is 17.4 Å². The summed E-state index contributed by atoms with van der Waals surface area (Å²) in [6.45, 7) is 0.631. The SMILES string of the molecule is NC(=O)COc1ccc(C(=O)NCCOc2ccc3c(c2)CCC3)cc1. The van der Waals surface area contributed by atoms with Gasteiger partial charge in [-0.1, -0.05) is 6.07 Å². The number of hydrogen-bond donors (Lipinski definition) is 2. The van der Waals surface area contributed by atoms with Crippen molar-refractivity contribution in [2.75, 3.05) is 19.8 Å². The number of carbonyl (C=O) groups excluding carboxylic acids is 2. The smallest absolute Gasteiger partial charge is 0.255 e. The molecule has 6 nitrogen and oxygen atoms in total. The predicted molar refractivity (Wildman–Crippen MR) is 97.4 cm³/mol. The number of carbonyl (C=O) groups is 2. The number of nitrogens with two attached hydrogens (primary N) is 1. The topological polar surface area (TPSA) is 90.7 Å². The monoisotopic (exact) mass is 354 g/mol. The Balaban J connectivity index is 1.41. The molecule has 6 heteroatoms. The van der Waals surface area contributed by atoms with Gasteiger partial charge in [-0.25, -0.2) is 0 Å². The van der Waals surface area contributed by atoms with Crippen LogP contribution in [0.1, 0.15) is 27.9 Å². The molecule has 0 bridgehead atoms. The molecule has 136 valence electrons. The summed E-state index contributed by atoms with van der Waals surface area (Å²) < 4.78 is 10.9. The maximum absolute atomic E-state index is 12.1. The number of amides is 2. The van der Waals surface area contributed by atoms with Crippen LogP contribution in [0.15, 0.2) is 42.5 Å². The van der Waals surface area contributed by atoms with E-state index < -0.39 is 5.91 Å². The van der Waals surface area contributed by atoms with Crippen molar-refractivity contribution in [2.24, 2.45) is 5.73 Å². The van der Waals surface area contributed by atoms with Crippen LogP contribution >= 0.6 is 0 Å². The standard InChI is InChI=1S/C20H22N2O4/c21-19(23)13-26-17-7-5-15(6-8-17)20(24)22-10-11-25-18-9-4-14-2-1-3-16(14)12-18/h4-9,12H,1-3,10-11,13H2,(H2,21,23)(H,22,24). The Kier molecular flexibility index (Phi) is 5.73. The van der Waals surface area contributed by atoms with Gasteiger partial charge in [-0.3, -0.25) is 9.59 Å². The van der Waals surface area contributed by atoms with Crippen molar-refractivity contribution in [3.63, 3.8) is 0 Å². The molecule has 3 rings (SSSR count). The fourth-order valence-electron chi connectivity index (χ4n) is 2.93. The molecule has 3 N–H and O–H groups in total. The zero-order valence-corrected chi connectivity index (χ0v) is 14.5. The second-order valence-electron chi connectivity index (χ2n) is 6.17. The highest BCUT2D eigenvalue weighted by Crippen LogP contribution is 2.25. The molecule has 0 aliphatic heterocycles. The van der Waals surface area contributed by atoms with E-state index in [-0.39, 0.29) is 12.5 Å². The predicted octanol–water partition coefficient (Wildman–Crippen LogP) is 1.85. The van der Waals surface area contributed by atoms with E-state index in [0.717, 1.165) is 18.6 Å². The molecule has 2 amide bonds. The van der Waals surface area contributed by atoms with E-state index in [9.17, 15) is 9.59 Å². The molecule has 0 radical (unpaired) electrons. The number of fused-ring (bicyclic) bond motifs is 1. The summed E-state index contributed by atoms with van der Waals surface area (Å²) in [6, 6.07) is 12.7. The first-order valence-corrected chi connectivity index (χ1v) is 8.66. The van der Waals surface area contributed by atoms with Gasteiger partial charge < -0.3 is 20.5 Å². The molecule has 0 unspecified atom stereocenters. The molecule has 26 heavy (non-hydrogen) atoms. The first-order valence-electron chi connectivity index (χ1n) is 8.66. The summed E-state index contributed by atoms with van der Waals surface area (Å²) in [5.74, 6) is 0.593. The molecule has 0 aromatic heterocycles. The Morgan fingerprint density at radius 3 is 2.46 bits per heavy atom. The van der Waals surface area contributed by atoms with Gasteiger partial charge in [0.2, 0.25) is 0 Å². The summed E-state index contributed by atoms with van der Waals surface area (Å²) in [4.78, 5) is 22.8. The van der Waals surface area contributed by atoms with E-state index in [0.29, 0.717) is 24.5 Å². The second kappa shape index (κ2) is 8.38. The van der Waals surface area contributed by atoms with Gasteiger partial charge in [0.25, 0.3) is 11.8 Å². The normalized spacial score (nSPS) is 12.3. The number of aryl methyl sites for hydroxylation is 2. The highest BCUT2D eigenvalue weighted by atomic mass is 16.5. The van der Waals surface area contributed by atoms with Crippen molar-refractivity contribution in [3.05, 3.63) is 59.2 Å². The highest BCUT2D eigenvalue weighted by Gasteiger charge is 2.11. The van der Waals surface area contributed by atoms with Crippen LogP contribution < -0.4 is 20.5 Å². The Labute approximate surface area is 152 Å². The van der Waals surface area contributed by atoms with Crippen molar-refractivity contribution in [2.45, 2.75) is 19.3 Å². The molecule has 1 aliphatic carbocycles. The lowest BCUT2D eigenvalue weighted by molar-refractivity contribution is -0.119. The van der Waals surface area contributed by atoms with E-state index in [1.54, 1.807) is 24.3 Å². The third-order valence-electron chi connectivity index (χ3n) is 4.22. The fourth-order valence-corrected chi connectivity index (χ4v) is 2.93. The van der Waals surface area contributed by atoms with Crippen LogP contribution in [0, 0.1) is 0 Å². The molecule has 0 heterocycles. The molecule has 0 saturated heterocycles. The zero-order chi connectivity index (χ0) is 18.4. The van der Waals surface area contributed by atoms with E-state index in [4.69, 9.17) is 15.2 Å². The summed E-state index contributed by atoms with van der Waals surface area (Å²) in [7, 11) is 0. The molecule has 1 aliphatic rings. The van der Waals surface area contributed by atoms with Crippen LogP contribution in [0.4, 0.5) is 0 Å². The van der Waals surface area contributed by atoms with Crippen molar-refractivity contribution < 1.29 is 19.1 Å². The number of rotatable bonds is 8. The summed E-state index contributed by atoms with van der Waals surface area (Å²) in [6.07, 6.45) is 3.47. The van der Waals surface area contributed by atoms with Gasteiger partial charge in [-0.15, -0.1) is 0 Å². The highest BCUT2D eigenvalue weighted by molar-refractivity contribution is 5.94. The van der Waals surface area contributed by atoms with Gasteiger partial charge in [0.1, 0.15) is 18.1 Å². The molecule has 2 aromatic carbocycles. The maximum Gasteiger partial charge on any atom is 0.255 e. The van der Waals surface area contributed by atoms with E-state index in [1.165, 1.54) is 17.5 Å². The van der Waals surface area contributed by atoms with Gasteiger partial charge in [-0.2, -0.15) is 0 Å². The first-order chi connectivity index (χ1) is 12.6. The minimum absolute atomic E-state index is 0.189. The molecular formula is C20H22N2O4. The quantitative estimate of drug-likeness (QED) is 0.708. The number of hydrogen-bond acceptors (Lipinski definition) is 4. The van der Waals surface area contributed by atoms with Crippen LogP contribution in [0.25, 0.3) is 0 Å². The van der Waals surface area contributed by atoms with Gasteiger partial charge in [0, 0.05) is 5.56 Å². The summed E-state index contributed by atoms with van der Waals surface area (Å²) in [5, 5.41) is 2.81. The lowest BCUT2D eigenvalue weighted by Gasteiger charge is -2.10. The van der Waals surface area contributed by atoms with Gasteiger partial charge in [-0.05, 0) is 66.8 Å². The second-order valence-corrected chi connectivity index (χ2v) is 6.17. The molecule has 0 spiro atoms. The molecule has 2 aromatic rings. The van der Waals surface area contributed by atoms with Crippen LogP contribution in [0.2, 0.25) is 0 Å². The first kappa shape index (κ1) is 17.8. The Morgan fingerprint density at radius 1 is 0.962 bits per heavy atom. The number of nitrogens with one attached hydrogen (secondary N) is 1. The molecule has 0 saturated carbocycles. The van der Waals surface area contributed by atoms with Crippen molar-refractivity contribution in [1.29, 1.82) is 0 Å². The molecular weight excluding hydrogens is 332 g/mol. The van der Waals surface area contributed by atoms with Crippen molar-refractivity contribution >= 4 is 11.8 Å². The van der Waals surface area contributed by atoms with Gasteiger partial charge in [0.15, 0.2) is 6.61 Å². The Bertz CT molecular complexity index is 787. The van der Waals surface area contributed by atoms with Crippen LogP contribution in [0.5, 0.6) is 11.5 Å². The van der Waals surface area contributed by atoms with Gasteiger partial charge >= 0.3 is 0 Å². The molecule has 0 fully saturated rings. The molecule has 0 atom stereocenters. The average Bonchev–Trinajstić information content (AvgIpc) is 3.11. The average molecular weight is 354 g/mol. The van der Waals surface area contributed by atoms with Crippen molar-refractivity contribution in [3.8, 4) is 11.5 Å². The van der Waals surface area contributed by atoms with E-state index in [1.807, 2.05) is 6.07 Å². The summed E-state index contributed by atoms with van der Waals surface area (Å²) >= 11 is 0. The maximum atomic E-state index is 12.1. The van der Waals surface area contributed by atoms with Crippen molar-refractivity contribution in [1.82, 2.24) is 5.32 Å². The zero-order valence-electron chi connectivity index (χ0n) is 14.5. The largest absolute Gasteiger partial charge is 0.492 e. The lowest BCUT2D eigenvalue weighted by Crippen LogP contribution is -2.28. The number of primary amides is 1. The third kappa shape index (κ3) is 4.75. The van der Waals surface area contributed by atoms with E-state index >= 15 is 0 Å². The number of ether oxygens (including phenoxy) is 2. The minimum Gasteiger partial charge on any atom is -0.492 e. The lowest BCUT2D eigenvalue weighted by atomic mass is 10.1. The van der Waals surface area contributed by atoms with Crippen LogP contribution in [-0.4, -0.2) is 31.6 Å². The summed E-state index contributed by atoms with van der Waals surface area (Å²) in [5.41, 5.74) is 8.30. The number of benzene rings is 2. The minimum atomic E-state index is -0.546. The Morgan fingerprint density at radius 2 is 1.69 bits per heavy atom. The third-order valence-corrected chi connectivity index (χ3v) is 4.22. The fraction of sp³-hybridized carbons (Fsp3) is 0.300. The van der Waals surface area contributed by atoms with Gasteiger partial charge in [0.05, 0.1) is 6.54 Å². The van der Waals surface area contributed by atoms with Crippen LogP contribution in [0.3, 0.4) is 0 Å². The van der Waals surface area contributed by atoms with Crippen LogP contribution in [-0.2, 0) is 17.6 Å². The Hall–Kier alpha value is -3.02.